The van der Waals surface area contributed by atoms with E-state index in [1.807, 2.05) is 13.8 Å². The van der Waals surface area contributed by atoms with E-state index in [2.05, 4.69) is 0 Å². The molecule has 0 fully saturated rings. The molecule has 1 unspecified atom stereocenters. The van der Waals surface area contributed by atoms with Crippen LogP contribution in [-0.4, -0.2) is 32.7 Å². The Bertz CT molecular complexity index is 409. The fourth-order valence-electron chi connectivity index (χ4n) is 1.93. The first kappa shape index (κ1) is 15.5. The molecule has 4 nitrogen and oxygen atoms in total. The molecule has 1 aromatic rings. The topological polar surface area (TPSA) is 44.8 Å². The van der Waals surface area contributed by atoms with Gasteiger partial charge in [-0.2, -0.15) is 0 Å². The molecule has 0 heterocycles. The minimum Gasteiger partial charge on any atom is -0.497 e. The van der Waals surface area contributed by atoms with Gasteiger partial charge in [-0.25, -0.2) is 0 Å². The van der Waals surface area contributed by atoms with Gasteiger partial charge in [0.1, 0.15) is 17.6 Å². The number of ether oxygens (including phenoxy) is 3. The highest BCUT2D eigenvalue weighted by Gasteiger charge is 2.23. The van der Waals surface area contributed by atoms with Crippen molar-refractivity contribution in [1.29, 1.82) is 0 Å². The van der Waals surface area contributed by atoms with Crippen LogP contribution in [0.5, 0.6) is 11.5 Å². The van der Waals surface area contributed by atoms with Crippen LogP contribution in [0.4, 0.5) is 0 Å². The molecule has 0 saturated carbocycles. The summed E-state index contributed by atoms with van der Waals surface area (Å²) in [5.74, 6) is 1.13. The summed E-state index contributed by atoms with van der Waals surface area (Å²) in [5, 5.41) is 0. The van der Waals surface area contributed by atoms with Crippen molar-refractivity contribution in [1.82, 2.24) is 0 Å². The third-order valence-corrected chi connectivity index (χ3v) is 2.88. The molecule has 0 bridgehead atoms. The fourth-order valence-corrected chi connectivity index (χ4v) is 1.93. The minimum absolute atomic E-state index is 0.0561. The van der Waals surface area contributed by atoms with Gasteiger partial charge in [0, 0.05) is 6.61 Å². The van der Waals surface area contributed by atoms with Gasteiger partial charge in [0.05, 0.1) is 19.8 Å². The molecule has 0 aliphatic heterocycles. The summed E-state index contributed by atoms with van der Waals surface area (Å²) < 4.78 is 15.9. The predicted molar refractivity (Wildman–Crippen MR) is 74.2 cm³/mol. The van der Waals surface area contributed by atoms with Crippen molar-refractivity contribution in [2.45, 2.75) is 32.8 Å². The van der Waals surface area contributed by atoms with Crippen molar-refractivity contribution >= 4 is 5.78 Å². The van der Waals surface area contributed by atoms with Gasteiger partial charge < -0.3 is 14.2 Å². The van der Waals surface area contributed by atoms with E-state index in [9.17, 15) is 4.79 Å². The van der Waals surface area contributed by atoms with Crippen molar-refractivity contribution in [3.8, 4) is 11.5 Å². The zero-order valence-electron chi connectivity index (χ0n) is 12.1. The minimum atomic E-state index is -0.420. The summed E-state index contributed by atoms with van der Waals surface area (Å²) in [6, 6.07) is 5.20. The van der Waals surface area contributed by atoms with E-state index in [4.69, 9.17) is 14.2 Å². The maximum absolute atomic E-state index is 12.5. The van der Waals surface area contributed by atoms with Gasteiger partial charge >= 0.3 is 0 Å². The quantitative estimate of drug-likeness (QED) is 0.678. The Kier molecular flexibility index (Phi) is 6.36. The summed E-state index contributed by atoms with van der Waals surface area (Å²) in [4.78, 5) is 12.5. The molecule has 1 rings (SSSR count). The maximum Gasteiger partial charge on any atom is 0.195 e. The normalized spacial score (nSPS) is 12.0. The van der Waals surface area contributed by atoms with Crippen molar-refractivity contribution in [3.05, 3.63) is 23.8 Å². The SMILES string of the molecule is CCCC(OCC)C(=O)c1cc(OC)ccc1OC. The van der Waals surface area contributed by atoms with E-state index in [0.29, 0.717) is 30.1 Å². The second-order valence-corrected chi connectivity index (χ2v) is 4.16. The number of carbonyl (C=O) groups is 1. The summed E-state index contributed by atoms with van der Waals surface area (Å²) in [6.45, 7) is 4.43. The number of Topliss-reactive ketones (excluding diaryl/α,β-unsaturated/α-hetero) is 1. The van der Waals surface area contributed by atoms with Crippen molar-refractivity contribution in [2.75, 3.05) is 20.8 Å². The van der Waals surface area contributed by atoms with E-state index in [1.54, 1.807) is 32.4 Å². The first-order chi connectivity index (χ1) is 9.17. The zero-order valence-corrected chi connectivity index (χ0v) is 12.1. The number of hydrogen-bond donors (Lipinski definition) is 0. The van der Waals surface area contributed by atoms with Crippen LogP contribution in [0, 0.1) is 0 Å². The second-order valence-electron chi connectivity index (χ2n) is 4.16. The zero-order chi connectivity index (χ0) is 14.3. The summed E-state index contributed by atoms with van der Waals surface area (Å²) in [7, 11) is 3.12. The third-order valence-electron chi connectivity index (χ3n) is 2.88. The molecular weight excluding hydrogens is 244 g/mol. The lowest BCUT2D eigenvalue weighted by Gasteiger charge is -2.17. The molecule has 0 aliphatic rings. The van der Waals surface area contributed by atoms with Gasteiger partial charge in [-0.1, -0.05) is 13.3 Å². The monoisotopic (exact) mass is 266 g/mol. The van der Waals surface area contributed by atoms with Crippen LogP contribution in [0.25, 0.3) is 0 Å². The maximum atomic E-state index is 12.5. The number of rotatable bonds is 8. The molecule has 106 valence electrons. The van der Waals surface area contributed by atoms with E-state index in [-0.39, 0.29) is 5.78 Å². The Labute approximate surface area is 114 Å². The average molecular weight is 266 g/mol. The van der Waals surface area contributed by atoms with Crippen LogP contribution in [0.1, 0.15) is 37.0 Å². The summed E-state index contributed by atoms with van der Waals surface area (Å²) in [5.41, 5.74) is 0.508. The van der Waals surface area contributed by atoms with Crippen LogP contribution in [0.2, 0.25) is 0 Å². The van der Waals surface area contributed by atoms with Crippen LogP contribution >= 0.6 is 0 Å². The van der Waals surface area contributed by atoms with Crippen molar-refractivity contribution in [2.24, 2.45) is 0 Å². The number of hydrogen-bond acceptors (Lipinski definition) is 4. The Hall–Kier alpha value is -1.55. The van der Waals surface area contributed by atoms with Crippen LogP contribution in [0.15, 0.2) is 18.2 Å². The average Bonchev–Trinajstić information content (AvgIpc) is 2.45. The van der Waals surface area contributed by atoms with E-state index < -0.39 is 6.10 Å². The molecule has 0 N–H and O–H groups in total. The molecule has 19 heavy (non-hydrogen) atoms. The van der Waals surface area contributed by atoms with E-state index >= 15 is 0 Å². The number of benzene rings is 1. The lowest BCUT2D eigenvalue weighted by Crippen LogP contribution is -2.25. The molecule has 0 radical (unpaired) electrons. The van der Waals surface area contributed by atoms with Gasteiger partial charge in [-0.05, 0) is 31.5 Å². The lowest BCUT2D eigenvalue weighted by molar-refractivity contribution is 0.0420. The molecule has 4 heteroatoms. The van der Waals surface area contributed by atoms with Gasteiger partial charge in [-0.15, -0.1) is 0 Å². The highest BCUT2D eigenvalue weighted by atomic mass is 16.5. The molecule has 1 atom stereocenters. The summed E-state index contributed by atoms with van der Waals surface area (Å²) >= 11 is 0. The van der Waals surface area contributed by atoms with Crippen molar-refractivity contribution < 1.29 is 19.0 Å². The lowest BCUT2D eigenvalue weighted by atomic mass is 10.0. The van der Waals surface area contributed by atoms with Crippen molar-refractivity contribution in [3.63, 3.8) is 0 Å². The number of ketones is 1. The van der Waals surface area contributed by atoms with Crippen LogP contribution in [0.3, 0.4) is 0 Å². The first-order valence-electron chi connectivity index (χ1n) is 6.55. The molecule has 0 saturated heterocycles. The largest absolute Gasteiger partial charge is 0.497 e. The Morgan fingerprint density at radius 3 is 2.47 bits per heavy atom. The number of methoxy groups -OCH3 is 2. The Morgan fingerprint density at radius 1 is 1.21 bits per heavy atom. The molecule has 0 amide bonds. The van der Waals surface area contributed by atoms with E-state index in [0.717, 1.165) is 6.42 Å². The first-order valence-corrected chi connectivity index (χ1v) is 6.55. The predicted octanol–water partition coefficient (Wildman–Crippen LogP) is 3.09. The van der Waals surface area contributed by atoms with Crippen LogP contribution < -0.4 is 9.47 Å². The fraction of sp³-hybridized carbons (Fsp3) is 0.533. The van der Waals surface area contributed by atoms with Gasteiger partial charge in [0.15, 0.2) is 5.78 Å². The summed E-state index contributed by atoms with van der Waals surface area (Å²) in [6.07, 6.45) is 1.17. The van der Waals surface area contributed by atoms with Crippen LogP contribution in [-0.2, 0) is 4.74 Å². The van der Waals surface area contributed by atoms with Gasteiger partial charge in [0.25, 0.3) is 0 Å². The molecule has 1 aromatic carbocycles. The highest BCUT2D eigenvalue weighted by molar-refractivity contribution is 6.02. The molecule has 0 spiro atoms. The van der Waals surface area contributed by atoms with Gasteiger partial charge in [0.2, 0.25) is 0 Å². The highest BCUT2D eigenvalue weighted by Crippen LogP contribution is 2.26. The molecule has 0 aliphatic carbocycles. The van der Waals surface area contributed by atoms with E-state index in [1.165, 1.54) is 0 Å². The third kappa shape index (κ3) is 3.96. The smallest absolute Gasteiger partial charge is 0.195 e. The molecule has 0 aromatic heterocycles. The second kappa shape index (κ2) is 7.79. The standard InChI is InChI=1S/C15H22O4/c1-5-7-14(19-6-2)15(16)12-10-11(17-3)8-9-13(12)18-4/h8-10,14H,5-7H2,1-4H3. The molecular formula is C15H22O4. The van der Waals surface area contributed by atoms with Gasteiger partial charge in [-0.3, -0.25) is 4.79 Å². The number of carbonyl (C=O) groups excluding carboxylic acids is 1. The Morgan fingerprint density at radius 2 is 1.95 bits per heavy atom. The Balaban J connectivity index is 3.06.